The van der Waals surface area contributed by atoms with Gasteiger partial charge in [-0.1, -0.05) is 34.6 Å². The highest BCUT2D eigenvalue weighted by Gasteiger charge is 2.70. The van der Waals surface area contributed by atoms with E-state index in [0.717, 1.165) is 6.42 Å². The standard InChI is InChI=1S/C26H38F3N5O4/c1-23(2,3)18(32-22(38)26(27,28)29)21(37)34-12-15-16(25(15,6)7)17(34)20(36)31-14(11-30)10-13-8-9-24(4,5)33-19(13)35/h13-18H,8-10,12H2,1-7H3,(H,31,36)(H,32,38)(H,33,35). The van der Waals surface area contributed by atoms with Crippen molar-refractivity contribution in [3.05, 3.63) is 0 Å². The summed E-state index contributed by atoms with van der Waals surface area (Å²) < 4.78 is 39.0. The Balaban J connectivity index is 1.79. The smallest absolute Gasteiger partial charge is 0.351 e. The minimum Gasteiger partial charge on any atom is -0.351 e. The summed E-state index contributed by atoms with van der Waals surface area (Å²) in [6.45, 7) is 12.5. The number of piperidine rings is 2. The molecule has 0 aromatic heterocycles. The molecule has 0 bridgehead atoms. The summed E-state index contributed by atoms with van der Waals surface area (Å²) in [5.74, 6) is -4.53. The van der Waals surface area contributed by atoms with Crippen LogP contribution in [-0.2, 0) is 19.2 Å². The normalized spacial score (nSPS) is 29.3. The van der Waals surface area contributed by atoms with Crippen molar-refractivity contribution in [2.45, 2.75) is 97.6 Å². The minimum atomic E-state index is -5.17. The van der Waals surface area contributed by atoms with Gasteiger partial charge in [0.05, 0.1) is 6.07 Å². The molecule has 2 heterocycles. The van der Waals surface area contributed by atoms with Gasteiger partial charge in [0.25, 0.3) is 0 Å². The number of rotatable bonds is 6. The molecular formula is C26H38F3N5O4. The number of halogens is 3. The minimum absolute atomic E-state index is 0.0481. The fourth-order valence-corrected chi connectivity index (χ4v) is 5.92. The Morgan fingerprint density at radius 3 is 2.26 bits per heavy atom. The van der Waals surface area contributed by atoms with Gasteiger partial charge in [0.1, 0.15) is 18.1 Å². The second kappa shape index (κ2) is 9.72. The second-order valence-corrected chi connectivity index (χ2v) is 13.2. The summed E-state index contributed by atoms with van der Waals surface area (Å²) in [7, 11) is 0. The molecule has 1 aliphatic carbocycles. The van der Waals surface area contributed by atoms with Crippen LogP contribution in [0.5, 0.6) is 0 Å². The van der Waals surface area contributed by atoms with Gasteiger partial charge in [-0.15, -0.1) is 0 Å². The van der Waals surface area contributed by atoms with Crippen LogP contribution in [0.15, 0.2) is 0 Å². The molecule has 0 spiro atoms. The van der Waals surface area contributed by atoms with E-state index in [4.69, 9.17) is 0 Å². The summed E-state index contributed by atoms with van der Waals surface area (Å²) in [5.41, 5.74) is -1.69. The number of carbonyl (C=O) groups excluding carboxylic acids is 4. The molecule has 0 radical (unpaired) electrons. The van der Waals surface area contributed by atoms with E-state index in [1.165, 1.54) is 25.7 Å². The molecular weight excluding hydrogens is 503 g/mol. The van der Waals surface area contributed by atoms with E-state index >= 15 is 0 Å². The van der Waals surface area contributed by atoms with Crippen LogP contribution in [0.3, 0.4) is 0 Å². The van der Waals surface area contributed by atoms with E-state index in [2.05, 4.69) is 10.6 Å². The Kier molecular flexibility index (Phi) is 7.60. The first-order valence-electron chi connectivity index (χ1n) is 12.9. The van der Waals surface area contributed by atoms with Crippen LogP contribution in [0.1, 0.15) is 67.7 Å². The van der Waals surface area contributed by atoms with E-state index in [1.807, 2.05) is 39.1 Å². The van der Waals surface area contributed by atoms with E-state index < -0.39 is 53.4 Å². The van der Waals surface area contributed by atoms with E-state index in [1.54, 1.807) is 0 Å². The highest BCUT2D eigenvalue weighted by Crippen LogP contribution is 2.65. The van der Waals surface area contributed by atoms with Crippen molar-refractivity contribution in [2.75, 3.05) is 6.54 Å². The van der Waals surface area contributed by atoms with Crippen LogP contribution in [0.2, 0.25) is 0 Å². The molecule has 6 atom stereocenters. The summed E-state index contributed by atoms with van der Waals surface area (Å²) in [5, 5.41) is 17.1. The molecule has 6 unspecified atom stereocenters. The van der Waals surface area contributed by atoms with Gasteiger partial charge in [-0.2, -0.15) is 18.4 Å². The molecule has 3 aliphatic rings. The molecule has 3 rings (SSSR count). The van der Waals surface area contributed by atoms with Crippen LogP contribution < -0.4 is 16.0 Å². The van der Waals surface area contributed by atoms with Crippen molar-refractivity contribution >= 4 is 23.6 Å². The molecule has 3 fully saturated rings. The highest BCUT2D eigenvalue weighted by molar-refractivity contribution is 5.95. The second-order valence-electron chi connectivity index (χ2n) is 13.2. The summed E-state index contributed by atoms with van der Waals surface area (Å²) in [4.78, 5) is 52.6. The van der Waals surface area contributed by atoms with E-state index in [9.17, 15) is 37.6 Å². The molecule has 2 saturated heterocycles. The number of likely N-dealkylation sites (tertiary alicyclic amines) is 1. The molecule has 38 heavy (non-hydrogen) atoms. The van der Waals surface area contributed by atoms with Gasteiger partial charge < -0.3 is 20.9 Å². The van der Waals surface area contributed by atoms with Gasteiger partial charge in [-0.3, -0.25) is 19.2 Å². The molecule has 12 heteroatoms. The summed E-state index contributed by atoms with van der Waals surface area (Å²) >= 11 is 0. The van der Waals surface area contributed by atoms with Gasteiger partial charge in [-0.25, -0.2) is 0 Å². The van der Waals surface area contributed by atoms with Crippen LogP contribution in [0, 0.1) is 39.9 Å². The van der Waals surface area contributed by atoms with Gasteiger partial charge >= 0.3 is 12.1 Å². The number of nitrogens with one attached hydrogen (secondary N) is 3. The number of hydrogen-bond donors (Lipinski definition) is 3. The molecule has 0 aromatic carbocycles. The largest absolute Gasteiger partial charge is 0.471 e. The Hall–Kier alpha value is -2.84. The average Bonchev–Trinajstić information content (AvgIpc) is 3.10. The maximum Gasteiger partial charge on any atom is 0.471 e. The molecule has 4 amide bonds. The van der Waals surface area contributed by atoms with E-state index in [0.29, 0.717) is 6.42 Å². The zero-order chi connectivity index (χ0) is 29.0. The first-order chi connectivity index (χ1) is 17.2. The Labute approximate surface area is 221 Å². The third kappa shape index (κ3) is 5.91. The number of alkyl halides is 3. The molecule has 1 saturated carbocycles. The van der Waals surface area contributed by atoms with Gasteiger partial charge in [0.2, 0.25) is 17.7 Å². The quantitative estimate of drug-likeness (QED) is 0.475. The summed E-state index contributed by atoms with van der Waals surface area (Å²) in [6.07, 6.45) is -3.79. The monoisotopic (exact) mass is 541 g/mol. The van der Waals surface area contributed by atoms with Crippen LogP contribution >= 0.6 is 0 Å². The lowest BCUT2D eigenvalue weighted by molar-refractivity contribution is -0.176. The topological polar surface area (TPSA) is 131 Å². The Morgan fingerprint density at radius 2 is 1.76 bits per heavy atom. The van der Waals surface area contributed by atoms with Crippen molar-refractivity contribution in [3.63, 3.8) is 0 Å². The van der Waals surface area contributed by atoms with Crippen LogP contribution in [0.4, 0.5) is 13.2 Å². The first-order valence-corrected chi connectivity index (χ1v) is 12.9. The zero-order valence-electron chi connectivity index (χ0n) is 23.0. The summed E-state index contributed by atoms with van der Waals surface area (Å²) in [6, 6.07) is -1.48. The lowest BCUT2D eigenvalue weighted by Crippen LogP contribution is -2.61. The van der Waals surface area contributed by atoms with Crippen molar-refractivity contribution in [3.8, 4) is 6.07 Å². The number of hydrogen-bond acceptors (Lipinski definition) is 5. The maximum atomic E-state index is 13.6. The predicted octanol–water partition coefficient (Wildman–Crippen LogP) is 2.27. The molecule has 3 N–H and O–H groups in total. The van der Waals surface area contributed by atoms with Crippen molar-refractivity contribution in [1.29, 1.82) is 5.26 Å². The molecule has 9 nitrogen and oxygen atoms in total. The fourth-order valence-electron chi connectivity index (χ4n) is 5.92. The Morgan fingerprint density at radius 1 is 1.16 bits per heavy atom. The predicted molar refractivity (Wildman–Crippen MR) is 131 cm³/mol. The first kappa shape index (κ1) is 29.7. The van der Waals surface area contributed by atoms with Crippen molar-refractivity contribution < 1.29 is 32.3 Å². The SMILES string of the molecule is CC1(C)CCC(CC(C#N)NC(=O)C2C3C(CN2C(=O)C(NC(=O)C(F)(F)F)C(C)(C)C)C3(C)C)C(=O)N1. The zero-order valence-corrected chi connectivity index (χ0v) is 23.0. The molecule has 2 aliphatic heterocycles. The van der Waals surface area contributed by atoms with Gasteiger partial charge in [0.15, 0.2) is 0 Å². The number of amides is 4. The molecule has 212 valence electrons. The highest BCUT2D eigenvalue weighted by atomic mass is 19.4. The van der Waals surface area contributed by atoms with E-state index in [-0.39, 0.29) is 41.7 Å². The van der Waals surface area contributed by atoms with Crippen molar-refractivity contribution in [1.82, 2.24) is 20.9 Å². The Bertz CT molecular complexity index is 1040. The van der Waals surface area contributed by atoms with Gasteiger partial charge in [0, 0.05) is 18.0 Å². The van der Waals surface area contributed by atoms with Crippen molar-refractivity contribution in [2.24, 2.45) is 28.6 Å². The van der Waals surface area contributed by atoms with Crippen LogP contribution in [0.25, 0.3) is 0 Å². The third-order valence-electron chi connectivity index (χ3n) is 8.35. The lowest BCUT2D eigenvalue weighted by Gasteiger charge is -2.38. The maximum absolute atomic E-state index is 13.6. The average molecular weight is 542 g/mol. The number of nitriles is 1. The number of nitrogens with zero attached hydrogens (tertiary/aromatic N) is 2. The van der Waals surface area contributed by atoms with Gasteiger partial charge in [-0.05, 0) is 55.8 Å². The third-order valence-corrected chi connectivity index (χ3v) is 8.35. The fraction of sp³-hybridized carbons (Fsp3) is 0.808. The molecule has 0 aromatic rings. The van der Waals surface area contributed by atoms with Crippen LogP contribution in [-0.4, -0.2) is 64.9 Å². The lowest BCUT2D eigenvalue weighted by atomic mass is 9.83. The number of carbonyl (C=O) groups is 4. The number of fused-ring (bicyclic) bond motifs is 1.